The molecule has 0 spiro atoms. The number of hydrogen-bond donors (Lipinski definition) is 1. The first kappa shape index (κ1) is 21.3. The van der Waals surface area contributed by atoms with Gasteiger partial charge in [0.05, 0.1) is 23.4 Å². The number of esters is 1. The second-order valence-corrected chi connectivity index (χ2v) is 7.23. The molecule has 0 aliphatic heterocycles. The van der Waals surface area contributed by atoms with Crippen LogP contribution in [-0.2, 0) is 9.53 Å². The molecule has 0 radical (unpaired) electrons. The molecule has 30 heavy (non-hydrogen) atoms. The van der Waals surface area contributed by atoms with Crippen LogP contribution in [0.5, 0.6) is 5.75 Å². The Morgan fingerprint density at radius 3 is 2.47 bits per heavy atom. The Balaban J connectivity index is 1.80. The van der Waals surface area contributed by atoms with Crippen LogP contribution in [0.3, 0.4) is 0 Å². The number of amides is 1. The number of carbonyl (C=O) groups excluding carboxylic acids is 2. The number of pyridine rings is 1. The minimum Gasteiger partial charge on any atom is -0.492 e. The first-order chi connectivity index (χ1) is 14.4. The fourth-order valence-electron chi connectivity index (χ4n) is 3.02. The third-order valence-corrected chi connectivity index (χ3v) is 4.65. The van der Waals surface area contributed by atoms with Crippen LogP contribution in [0, 0.1) is 0 Å². The molecule has 1 atom stereocenters. The number of rotatable bonds is 7. The average molecular weight is 406 g/mol. The molecule has 1 aromatic heterocycles. The van der Waals surface area contributed by atoms with Crippen molar-refractivity contribution in [3.63, 3.8) is 0 Å². The van der Waals surface area contributed by atoms with E-state index in [1.54, 1.807) is 31.2 Å². The lowest BCUT2D eigenvalue weighted by atomic mass is 10.0. The largest absolute Gasteiger partial charge is 0.492 e. The number of hydrogen-bond acceptors (Lipinski definition) is 5. The van der Waals surface area contributed by atoms with Gasteiger partial charge in [0, 0.05) is 11.1 Å². The van der Waals surface area contributed by atoms with Crippen LogP contribution in [0.2, 0.25) is 0 Å². The van der Waals surface area contributed by atoms with Crippen molar-refractivity contribution >= 4 is 28.5 Å². The molecule has 1 amide bonds. The second-order valence-electron chi connectivity index (χ2n) is 7.23. The smallest absolute Gasteiger partial charge is 0.339 e. The van der Waals surface area contributed by atoms with Gasteiger partial charge in [-0.05, 0) is 44.0 Å². The first-order valence-electron chi connectivity index (χ1n) is 10.0. The second kappa shape index (κ2) is 9.39. The van der Waals surface area contributed by atoms with Crippen molar-refractivity contribution in [1.29, 1.82) is 0 Å². The molecule has 0 saturated heterocycles. The van der Waals surface area contributed by atoms with Gasteiger partial charge >= 0.3 is 5.97 Å². The molecule has 0 saturated carbocycles. The summed E-state index contributed by atoms with van der Waals surface area (Å²) in [6.07, 6.45) is -0.985. The lowest BCUT2D eigenvalue weighted by Crippen LogP contribution is -2.30. The van der Waals surface area contributed by atoms with Gasteiger partial charge in [0.2, 0.25) is 0 Å². The highest BCUT2D eigenvalue weighted by Crippen LogP contribution is 2.25. The Hall–Kier alpha value is -3.41. The van der Waals surface area contributed by atoms with Crippen LogP contribution in [0.15, 0.2) is 54.6 Å². The maximum Gasteiger partial charge on any atom is 0.339 e. The zero-order valence-electron chi connectivity index (χ0n) is 17.6. The highest BCUT2D eigenvalue weighted by molar-refractivity contribution is 6.05. The molecule has 1 heterocycles. The van der Waals surface area contributed by atoms with Crippen molar-refractivity contribution in [2.75, 3.05) is 11.9 Å². The molecule has 0 aliphatic rings. The van der Waals surface area contributed by atoms with Crippen molar-refractivity contribution in [2.45, 2.75) is 39.7 Å². The Morgan fingerprint density at radius 2 is 1.73 bits per heavy atom. The molecule has 0 bridgehead atoms. The number of ether oxygens (including phenoxy) is 2. The van der Waals surface area contributed by atoms with Gasteiger partial charge in [0.1, 0.15) is 5.75 Å². The number of fused-ring (bicyclic) bond motifs is 1. The van der Waals surface area contributed by atoms with Crippen molar-refractivity contribution < 1.29 is 19.1 Å². The van der Waals surface area contributed by atoms with E-state index in [0.717, 1.165) is 11.2 Å². The first-order valence-corrected chi connectivity index (χ1v) is 10.0. The molecule has 1 unspecified atom stereocenters. The monoisotopic (exact) mass is 406 g/mol. The highest BCUT2D eigenvalue weighted by atomic mass is 16.5. The van der Waals surface area contributed by atoms with Gasteiger partial charge in [-0.3, -0.25) is 9.78 Å². The van der Waals surface area contributed by atoms with E-state index in [1.165, 1.54) is 0 Å². The molecule has 156 valence electrons. The summed E-state index contributed by atoms with van der Waals surface area (Å²) < 4.78 is 11.0. The van der Waals surface area contributed by atoms with E-state index in [1.807, 2.05) is 51.1 Å². The van der Waals surface area contributed by atoms with Gasteiger partial charge in [-0.15, -0.1) is 0 Å². The Kier molecular flexibility index (Phi) is 6.67. The number of benzene rings is 2. The predicted molar refractivity (Wildman–Crippen MR) is 117 cm³/mol. The van der Waals surface area contributed by atoms with Crippen LogP contribution < -0.4 is 10.1 Å². The number of nitrogens with zero attached hydrogens (tertiary/aromatic N) is 1. The van der Waals surface area contributed by atoms with Crippen molar-refractivity contribution in [3.8, 4) is 5.75 Å². The maximum absolute atomic E-state index is 12.9. The van der Waals surface area contributed by atoms with Crippen molar-refractivity contribution in [3.05, 3.63) is 65.9 Å². The SMILES string of the molecule is CCOc1ccccc1NC(=O)C(C)OC(=O)c1cc(C(C)C)nc2ccccc12. The summed E-state index contributed by atoms with van der Waals surface area (Å²) in [5, 5.41) is 3.46. The highest BCUT2D eigenvalue weighted by Gasteiger charge is 2.22. The topological polar surface area (TPSA) is 77.5 Å². The fourth-order valence-corrected chi connectivity index (χ4v) is 3.02. The summed E-state index contributed by atoms with van der Waals surface area (Å²) in [6.45, 7) is 7.91. The zero-order valence-corrected chi connectivity index (χ0v) is 17.6. The number of carbonyl (C=O) groups is 2. The van der Waals surface area contributed by atoms with E-state index < -0.39 is 18.0 Å². The fraction of sp³-hybridized carbons (Fsp3) is 0.292. The molecule has 3 aromatic rings. The van der Waals surface area contributed by atoms with E-state index in [0.29, 0.717) is 29.0 Å². The average Bonchev–Trinajstić information content (AvgIpc) is 2.74. The summed E-state index contributed by atoms with van der Waals surface area (Å²) in [6, 6.07) is 16.3. The van der Waals surface area contributed by atoms with E-state index >= 15 is 0 Å². The zero-order chi connectivity index (χ0) is 21.7. The molecule has 6 heteroatoms. The Morgan fingerprint density at radius 1 is 1.03 bits per heavy atom. The molecular weight excluding hydrogens is 380 g/mol. The quantitative estimate of drug-likeness (QED) is 0.562. The third kappa shape index (κ3) is 4.76. The van der Waals surface area contributed by atoms with E-state index in [2.05, 4.69) is 10.3 Å². The van der Waals surface area contributed by atoms with Gasteiger partial charge in [-0.2, -0.15) is 0 Å². The Bertz CT molecular complexity index is 1060. The minimum atomic E-state index is -0.985. The van der Waals surface area contributed by atoms with Crippen molar-refractivity contribution in [2.24, 2.45) is 0 Å². The number of nitrogens with one attached hydrogen (secondary N) is 1. The lowest BCUT2D eigenvalue weighted by Gasteiger charge is -2.17. The normalized spacial score (nSPS) is 11.9. The van der Waals surface area contributed by atoms with Gasteiger partial charge in [0.25, 0.3) is 5.91 Å². The standard InChI is InChI=1S/C24H26N2O4/c1-5-29-22-13-9-8-12-20(22)26-23(27)16(4)30-24(28)18-14-21(15(2)3)25-19-11-7-6-10-17(18)19/h6-16H,5H2,1-4H3,(H,26,27). The van der Waals surface area contributed by atoms with E-state index in [9.17, 15) is 9.59 Å². The van der Waals surface area contributed by atoms with Crippen LogP contribution in [0.25, 0.3) is 10.9 Å². The van der Waals surface area contributed by atoms with Crippen LogP contribution in [-0.4, -0.2) is 29.6 Å². The summed E-state index contributed by atoms with van der Waals surface area (Å²) in [4.78, 5) is 30.1. The number of para-hydroxylation sites is 3. The maximum atomic E-state index is 12.9. The molecule has 0 aliphatic carbocycles. The Labute approximate surface area is 176 Å². The van der Waals surface area contributed by atoms with Crippen LogP contribution in [0.1, 0.15) is 49.7 Å². The molecule has 1 N–H and O–H groups in total. The van der Waals surface area contributed by atoms with E-state index in [4.69, 9.17) is 9.47 Å². The third-order valence-electron chi connectivity index (χ3n) is 4.65. The molecule has 2 aromatic carbocycles. The van der Waals surface area contributed by atoms with Crippen LogP contribution >= 0.6 is 0 Å². The summed E-state index contributed by atoms with van der Waals surface area (Å²) in [7, 11) is 0. The number of anilines is 1. The summed E-state index contributed by atoms with van der Waals surface area (Å²) >= 11 is 0. The van der Waals surface area contributed by atoms with Gasteiger partial charge in [-0.1, -0.05) is 44.2 Å². The molecule has 0 fully saturated rings. The molecular formula is C24H26N2O4. The summed E-state index contributed by atoms with van der Waals surface area (Å²) in [5.41, 5.74) is 2.45. The molecule has 3 rings (SSSR count). The van der Waals surface area contributed by atoms with Gasteiger partial charge < -0.3 is 14.8 Å². The van der Waals surface area contributed by atoms with Gasteiger partial charge in [-0.25, -0.2) is 4.79 Å². The van der Waals surface area contributed by atoms with Gasteiger partial charge in [0.15, 0.2) is 6.10 Å². The lowest BCUT2D eigenvalue weighted by molar-refractivity contribution is -0.123. The predicted octanol–water partition coefficient (Wildman–Crippen LogP) is 4.94. The summed E-state index contributed by atoms with van der Waals surface area (Å²) in [5.74, 6) is -0.278. The minimum absolute atomic E-state index is 0.150. The molecule has 6 nitrogen and oxygen atoms in total. The van der Waals surface area contributed by atoms with Crippen molar-refractivity contribution in [1.82, 2.24) is 4.98 Å². The van der Waals surface area contributed by atoms with Crippen LogP contribution in [0.4, 0.5) is 5.69 Å². The number of aromatic nitrogens is 1. The van der Waals surface area contributed by atoms with E-state index in [-0.39, 0.29) is 5.92 Å².